The third kappa shape index (κ3) is 2.21. The minimum absolute atomic E-state index is 0.347. The number of nitrogens with two attached hydrogens (primary N) is 1. The van der Waals surface area contributed by atoms with Crippen LogP contribution in [0.2, 0.25) is 0 Å². The lowest BCUT2D eigenvalue weighted by molar-refractivity contribution is 0.185. The van der Waals surface area contributed by atoms with Gasteiger partial charge >= 0.3 is 0 Å². The van der Waals surface area contributed by atoms with E-state index in [1.165, 1.54) is 11.1 Å². The number of benzene rings is 1. The molecule has 1 aliphatic rings. The largest absolute Gasteiger partial charge is 0.329 e. The molecule has 2 heterocycles. The lowest BCUT2D eigenvalue weighted by Crippen LogP contribution is -2.37. The normalized spacial score (nSPS) is 17.4. The predicted molar refractivity (Wildman–Crippen MR) is 76.7 cm³/mol. The van der Waals surface area contributed by atoms with Gasteiger partial charge in [0.05, 0.1) is 0 Å². The van der Waals surface area contributed by atoms with Gasteiger partial charge < -0.3 is 5.73 Å². The molecule has 0 unspecified atom stereocenters. The van der Waals surface area contributed by atoms with Crippen LogP contribution in [0.4, 0.5) is 0 Å². The van der Waals surface area contributed by atoms with Crippen LogP contribution in [0.3, 0.4) is 0 Å². The molecule has 0 aliphatic carbocycles. The summed E-state index contributed by atoms with van der Waals surface area (Å²) < 4.78 is 0. The van der Waals surface area contributed by atoms with Gasteiger partial charge in [0, 0.05) is 30.6 Å². The smallest absolute Gasteiger partial charge is 0.0474 e. The minimum Gasteiger partial charge on any atom is -0.329 e. The number of rotatable bonds is 3. The Morgan fingerprint density at radius 3 is 2.83 bits per heavy atom. The maximum Gasteiger partial charge on any atom is 0.0474 e. The van der Waals surface area contributed by atoms with Crippen molar-refractivity contribution in [3.05, 3.63) is 57.8 Å². The van der Waals surface area contributed by atoms with Crippen molar-refractivity contribution in [2.75, 3.05) is 13.1 Å². The molecule has 3 heteroatoms. The molecular weight excluding hydrogens is 240 g/mol. The first kappa shape index (κ1) is 11.9. The average molecular weight is 258 g/mol. The lowest BCUT2D eigenvalue weighted by atomic mass is 10.0. The van der Waals surface area contributed by atoms with Gasteiger partial charge in [-0.2, -0.15) is 0 Å². The van der Waals surface area contributed by atoms with Gasteiger partial charge in [0.25, 0.3) is 0 Å². The summed E-state index contributed by atoms with van der Waals surface area (Å²) in [5.41, 5.74) is 8.81. The average Bonchev–Trinajstić information content (AvgIpc) is 2.88. The fourth-order valence-electron chi connectivity index (χ4n) is 2.71. The first-order chi connectivity index (χ1) is 8.88. The summed E-state index contributed by atoms with van der Waals surface area (Å²) in [6, 6.07) is 13.2. The van der Waals surface area contributed by atoms with Crippen LogP contribution in [0.1, 0.15) is 22.0 Å². The summed E-state index contributed by atoms with van der Waals surface area (Å²) in [4.78, 5) is 4.06. The molecule has 0 amide bonds. The third-order valence-electron chi connectivity index (χ3n) is 3.69. The topological polar surface area (TPSA) is 29.3 Å². The summed E-state index contributed by atoms with van der Waals surface area (Å²) in [5, 5.41) is 2.20. The van der Waals surface area contributed by atoms with Gasteiger partial charge in [-0.25, -0.2) is 0 Å². The number of hydrogen-bond donors (Lipinski definition) is 1. The quantitative estimate of drug-likeness (QED) is 0.917. The molecular formula is C15H18N2S. The summed E-state index contributed by atoms with van der Waals surface area (Å²) in [6.07, 6.45) is 1.16. The second-order valence-electron chi connectivity index (χ2n) is 4.75. The van der Waals surface area contributed by atoms with E-state index in [1.807, 2.05) is 11.3 Å². The standard InChI is InChI=1S/C15H18N2S/c16-10-14(12-4-2-1-3-5-12)17-8-6-15-13(11-17)7-9-18-15/h1-5,7,9,14H,6,8,10-11,16H2/t14-/m0/s1. The monoisotopic (exact) mass is 258 g/mol. The van der Waals surface area contributed by atoms with Crippen molar-refractivity contribution >= 4 is 11.3 Å². The molecule has 0 spiro atoms. The zero-order valence-electron chi connectivity index (χ0n) is 10.4. The maximum absolute atomic E-state index is 5.99. The van der Waals surface area contributed by atoms with Crippen LogP contribution in [0.25, 0.3) is 0 Å². The molecule has 2 aromatic rings. The molecule has 0 fully saturated rings. The first-order valence-electron chi connectivity index (χ1n) is 6.43. The molecule has 2 nitrogen and oxygen atoms in total. The highest BCUT2D eigenvalue weighted by Crippen LogP contribution is 2.29. The number of hydrogen-bond acceptors (Lipinski definition) is 3. The Morgan fingerprint density at radius 1 is 1.22 bits per heavy atom. The third-order valence-corrected chi connectivity index (χ3v) is 4.71. The second kappa shape index (κ2) is 5.22. The molecule has 18 heavy (non-hydrogen) atoms. The molecule has 2 N–H and O–H groups in total. The Bertz CT molecular complexity index is 506. The zero-order chi connectivity index (χ0) is 12.4. The summed E-state index contributed by atoms with van der Waals surface area (Å²) in [7, 11) is 0. The summed E-state index contributed by atoms with van der Waals surface area (Å²) in [5.74, 6) is 0. The van der Waals surface area contributed by atoms with Crippen molar-refractivity contribution < 1.29 is 0 Å². The van der Waals surface area contributed by atoms with Gasteiger partial charge in [-0.1, -0.05) is 30.3 Å². The van der Waals surface area contributed by atoms with E-state index in [4.69, 9.17) is 5.73 Å². The fraction of sp³-hybridized carbons (Fsp3) is 0.333. The molecule has 0 saturated heterocycles. The summed E-state index contributed by atoms with van der Waals surface area (Å²) >= 11 is 1.88. The van der Waals surface area contributed by atoms with Crippen molar-refractivity contribution in [3.8, 4) is 0 Å². The van der Waals surface area contributed by atoms with Crippen molar-refractivity contribution in [1.29, 1.82) is 0 Å². The van der Waals surface area contributed by atoms with Crippen LogP contribution in [-0.2, 0) is 13.0 Å². The highest BCUT2D eigenvalue weighted by Gasteiger charge is 2.24. The molecule has 1 aliphatic heterocycles. The molecule has 94 valence electrons. The van der Waals surface area contributed by atoms with E-state index < -0.39 is 0 Å². The van der Waals surface area contributed by atoms with Crippen LogP contribution in [0.5, 0.6) is 0 Å². The van der Waals surface area contributed by atoms with Crippen molar-refractivity contribution in [3.63, 3.8) is 0 Å². The molecule has 0 saturated carbocycles. The predicted octanol–water partition coefficient (Wildman–Crippen LogP) is 2.81. The number of nitrogens with zero attached hydrogens (tertiary/aromatic N) is 1. The Hall–Kier alpha value is -1.16. The number of fused-ring (bicyclic) bond motifs is 1. The van der Waals surface area contributed by atoms with Gasteiger partial charge in [0.15, 0.2) is 0 Å². The molecule has 1 atom stereocenters. The van der Waals surface area contributed by atoms with E-state index >= 15 is 0 Å². The van der Waals surface area contributed by atoms with Gasteiger partial charge in [-0.05, 0) is 29.0 Å². The Morgan fingerprint density at radius 2 is 2.06 bits per heavy atom. The van der Waals surface area contributed by atoms with Crippen LogP contribution in [0, 0.1) is 0 Å². The van der Waals surface area contributed by atoms with Crippen molar-refractivity contribution in [1.82, 2.24) is 4.90 Å². The van der Waals surface area contributed by atoms with Gasteiger partial charge in [0.1, 0.15) is 0 Å². The zero-order valence-corrected chi connectivity index (χ0v) is 11.2. The van der Waals surface area contributed by atoms with Crippen LogP contribution < -0.4 is 5.73 Å². The van der Waals surface area contributed by atoms with E-state index in [0.29, 0.717) is 12.6 Å². The molecule has 1 aromatic heterocycles. The Labute approximate surface area is 112 Å². The molecule has 3 rings (SSSR count). The van der Waals surface area contributed by atoms with Crippen LogP contribution in [0.15, 0.2) is 41.8 Å². The van der Waals surface area contributed by atoms with Crippen molar-refractivity contribution in [2.45, 2.75) is 19.0 Å². The maximum atomic E-state index is 5.99. The second-order valence-corrected chi connectivity index (χ2v) is 5.75. The minimum atomic E-state index is 0.347. The van der Waals surface area contributed by atoms with Gasteiger partial charge in [-0.3, -0.25) is 4.90 Å². The van der Waals surface area contributed by atoms with Crippen molar-refractivity contribution in [2.24, 2.45) is 5.73 Å². The van der Waals surface area contributed by atoms with Crippen LogP contribution >= 0.6 is 11.3 Å². The molecule has 0 radical (unpaired) electrons. The van der Waals surface area contributed by atoms with Gasteiger partial charge in [-0.15, -0.1) is 11.3 Å². The SMILES string of the molecule is NC[C@@H](c1ccccc1)N1CCc2sccc2C1. The van der Waals surface area contributed by atoms with E-state index in [9.17, 15) is 0 Å². The van der Waals surface area contributed by atoms with E-state index in [-0.39, 0.29) is 0 Å². The number of thiophene rings is 1. The van der Waals surface area contributed by atoms with E-state index in [2.05, 4.69) is 46.7 Å². The van der Waals surface area contributed by atoms with E-state index in [0.717, 1.165) is 19.5 Å². The Kier molecular flexibility index (Phi) is 3.46. The summed E-state index contributed by atoms with van der Waals surface area (Å²) in [6.45, 7) is 2.84. The highest BCUT2D eigenvalue weighted by molar-refractivity contribution is 7.10. The van der Waals surface area contributed by atoms with Gasteiger partial charge in [0.2, 0.25) is 0 Å². The molecule has 0 bridgehead atoms. The fourth-order valence-corrected chi connectivity index (χ4v) is 3.60. The molecule has 1 aromatic carbocycles. The van der Waals surface area contributed by atoms with E-state index in [1.54, 1.807) is 4.88 Å². The first-order valence-corrected chi connectivity index (χ1v) is 7.31. The highest BCUT2D eigenvalue weighted by atomic mass is 32.1. The Balaban J connectivity index is 1.82. The van der Waals surface area contributed by atoms with Crippen LogP contribution in [-0.4, -0.2) is 18.0 Å². The lowest BCUT2D eigenvalue weighted by Gasteiger charge is -2.34.